The largest absolute Gasteiger partial charge is 0.339 e. The Labute approximate surface area is 227 Å². The lowest BCUT2D eigenvalue weighted by molar-refractivity contribution is -0.130. The average Bonchev–Trinajstić information content (AvgIpc) is 2.98. The Morgan fingerprint density at radius 1 is 0.846 bits per heavy atom. The normalized spacial score (nSPS) is 16.6. The highest BCUT2D eigenvalue weighted by Gasteiger charge is 2.26. The van der Waals surface area contributed by atoms with Crippen molar-refractivity contribution in [3.63, 3.8) is 0 Å². The molecular weight excluding hydrogens is 518 g/mol. The van der Waals surface area contributed by atoms with Crippen LogP contribution in [0.15, 0.2) is 65.7 Å². The number of nitrogens with one attached hydrogen (secondary N) is 2. The van der Waals surface area contributed by atoms with E-state index in [-0.39, 0.29) is 16.7 Å². The number of hydrogen-bond acceptors (Lipinski definition) is 8. The Kier molecular flexibility index (Phi) is 7.87. The number of aromatic nitrogens is 2. The minimum absolute atomic E-state index is 0.0274. The molecule has 0 atom stereocenters. The van der Waals surface area contributed by atoms with Crippen LogP contribution >= 0.6 is 0 Å². The van der Waals surface area contributed by atoms with Gasteiger partial charge in [0.05, 0.1) is 10.6 Å². The van der Waals surface area contributed by atoms with Crippen molar-refractivity contribution in [3.05, 3.63) is 66.4 Å². The molecule has 5 rings (SSSR count). The fourth-order valence-corrected chi connectivity index (χ4v) is 6.08. The molecule has 2 aliphatic heterocycles. The van der Waals surface area contributed by atoms with Crippen molar-refractivity contribution in [2.24, 2.45) is 0 Å². The summed E-state index contributed by atoms with van der Waals surface area (Å²) in [6.45, 7) is 5.87. The SMILES string of the molecule is CC(=O)N1CCN(C(=O)c2ccc(Nc3nccc(-c4ccc(S(=O)(=O)N5CCNCC5)cc4)n3)cc2)CC1. The molecule has 2 N–H and O–H groups in total. The highest BCUT2D eigenvalue weighted by atomic mass is 32.2. The Morgan fingerprint density at radius 2 is 1.49 bits per heavy atom. The predicted octanol–water partition coefficient (Wildman–Crippen LogP) is 1.79. The summed E-state index contributed by atoms with van der Waals surface area (Å²) in [6.07, 6.45) is 1.63. The number of amides is 2. The van der Waals surface area contributed by atoms with E-state index in [4.69, 9.17) is 0 Å². The quantitative estimate of drug-likeness (QED) is 0.476. The second kappa shape index (κ2) is 11.5. The Bertz CT molecular complexity index is 1430. The second-order valence-corrected chi connectivity index (χ2v) is 11.4. The first-order valence-corrected chi connectivity index (χ1v) is 14.3. The third kappa shape index (κ3) is 6.08. The third-order valence-electron chi connectivity index (χ3n) is 6.92. The van der Waals surface area contributed by atoms with Crippen LogP contribution in [0.3, 0.4) is 0 Å². The third-order valence-corrected chi connectivity index (χ3v) is 8.83. The molecule has 0 radical (unpaired) electrons. The lowest BCUT2D eigenvalue weighted by atomic mass is 10.1. The summed E-state index contributed by atoms with van der Waals surface area (Å²) in [5.41, 5.74) is 2.71. The molecule has 0 saturated carbocycles. The molecule has 2 aromatic carbocycles. The number of nitrogens with zero attached hydrogens (tertiary/aromatic N) is 5. The molecule has 2 aliphatic rings. The van der Waals surface area contributed by atoms with E-state index in [0.29, 0.717) is 69.6 Å². The zero-order valence-corrected chi connectivity index (χ0v) is 22.5. The molecule has 2 amide bonds. The molecule has 204 valence electrons. The van der Waals surface area contributed by atoms with Crippen molar-refractivity contribution in [2.75, 3.05) is 57.7 Å². The summed E-state index contributed by atoms with van der Waals surface area (Å²) in [5.74, 6) is 0.342. The van der Waals surface area contributed by atoms with Crippen molar-refractivity contribution in [2.45, 2.75) is 11.8 Å². The minimum Gasteiger partial charge on any atom is -0.339 e. The van der Waals surface area contributed by atoms with Crippen LogP contribution in [0.5, 0.6) is 0 Å². The maximum atomic E-state index is 12.9. The van der Waals surface area contributed by atoms with Gasteiger partial charge in [-0.2, -0.15) is 4.31 Å². The molecule has 3 heterocycles. The van der Waals surface area contributed by atoms with E-state index in [0.717, 1.165) is 11.3 Å². The van der Waals surface area contributed by atoms with E-state index in [1.807, 2.05) is 0 Å². The molecule has 2 fully saturated rings. The van der Waals surface area contributed by atoms with Crippen LogP contribution in [0, 0.1) is 0 Å². The number of carbonyl (C=O) groups is 2. The lowest BCUT2D eigenvalue weighted by Gasteiger charge is -2.34. The first-order valence-electron chi connectivity index (χ1n) is 12.9. The highest BCUT2D eigenvalue weighted by Crippen LogP contribution is 2.23. The average molecular weight is 550 g/mol. The maximum Gasteiger partial charge on any atom is 0.253 e. The summed E-state index contributed by atoms with van der Waals surface area (Å²) in [4.78, 5) is 37.0. The smallest absolute Gasteiger partial charge is 0.253 e. The first-order chi connectivity index (χ1) is 18.8. The fourth-order valence-electron chi connectivity index (χ4n) is 4.64. The van der Waals surface area contributed by atoms with Gasteiger partial charge in [-0.1, -0.05) is 12.1 Å². The van der Waals surface area contributed by atoms with E-state index in [2.05, 4.69) is 20.6 Å². The second-order valence-electron chi connectivity index (χ2n) is 9.44. The molecule has 39 heavy (non-hydrogen) atoms. The molecule has 11 nitrogen and oxygen atoms in total. The van der Waals surface area contributed by atoms with Crippen LogP contribution in [0.25, 0.3) is 11.3 Å². The molecule has 0 unspecified atom stereocenters. The maximum absolute atomic E-state index is 12.9. The van der Waals surface area contributed by atoms with E-state index in [1.165, 1.54) is 4.31 Å². The molecular formula is C27H31N7O4S. The van der Waals surface area contributed by atoms with Crippen LogP contribution < -0.4 is 10.6 Å². The van der Waals surface area contributed by atoms with Crippen molar-refractivity contribution in [3.8, 4) is 11.3 Å². The number of hydrogen-bond donors (Lipinski definition) is 2. The van der Waals surface area contributed by atoms with E-state index in [1.54, 1.807) is 77.5 Å². The minimum atomic E-state index is -3.53. The number of piperazine rings is 2. The number of sulfonamides is 1. The number of carbonyl (C=O) groups excluding carboxylic acids is 2. The molecule has 1 aromatic heterocycles. The van der Waals surface area contributed by atoms with Crippen LogP contribution in [-0.2, 0) is 14.8 Å². The fraction of sp³-hybridized carbons (Fsp3) is 0.333. The van der Waals surface area contributed by atoms with Crippen LogP contribution in [0.2, 0.25) is 0 Å². The summed E-state index contributed by atoms with van der Waals surface area (Å²) in [7, 11) is -3.53. The van der Waals surface area contributed by atoms with Gasteiger partial charge in [0.1, 0.15) is 0 Å². The molecule has 0 bridgehead atoms. The van der Waals surface area contributed by atoms with Gasteiger partial charge in [0.2, 0.25) is 21.9 Å². The lowest BCUT2D eigenvalue weighted by Crippen LogP contribution is -2.50. The van der Waals surface area contributed by atoms with Crippen molar-refractivity contribution in [1.82, 2.24) is 29.4 Å². The predicted molar refractivity (Wildman–Crippen MR) is 147 cm³/mol. The van der Waals surface area contributed by atoms with Gasteiger partial charge in [0.15, 0.2) is 0 Å². The Morgan fingerprint density at radius 3 is 2.13 bits per heavy atom. The first kappa shape index (κ1) is 26.7. The van der Waals surface area contributed by atoms with Gasteiger partial charge in [-0.05, 0) is 42.5 Å². The van der Waals surface area contributed by atoms with E-state index in [9.17, 15) is 18.0 Å². The van der Waals surface area contributed by atoms with E-state index < -0.39 is 10.0 Å². The van der Waals surface area contributed by atoms with Crippen molar-refractivity contribution >= 4 is 33.5 Å². The van der Waals surface area contributed by atoms with Gasteiger partial charge in [-0.15, -0.1) is 0 Å². The molecule has 3 aromatic rings. The zero-order valence-electron chi connectivity index (χ0n) is 21.7. The van der Waals surface area contributed by atoms with Gasteiger partial charge in [0.25, 0.3) is 5.91 Å². The van der Waals surface area contributed by atoms with Crippen LogP contribution in [0.4, 0.5) is 11.6 Å². The van der Waals surface area contributed by atoms with E-state index >= 15 is 0 Å². The van der Waals surface area contributed by atoms with Crippen LogP contribution in [-0.4, -0.2) is 96.7 Å². The summed E-state index contributed by atoms with van der Waals surface area (Å²) < 4.78 is 27.3. The van der Waals surface area contributed by atoms with Crippen LogP contribution in [0.1, 0.15) is 17.3 Å². The van der Waals surface area contributed by atoms with Crippen molar-refractivity contribution in [1.29, 1.82) is 0 Å². The molecule has 2 saturated heterocycles. The van der Waals surface area contributed by atoms with Gasteiger partial charge in [-0.25, -0.2) is 18.4 Å². The number of anilines is 2. The van der Waals surface area contributed by atoms with Gasteiger partial charge >= 0.3 is 0 Å². The Balaban J connectivity index is 1.23. The highest BCUT2D eigenvalue weighted by molar-refractivity contribution is 7.89. The Hall–Kier alpha value is -3.87. The molecule has 0 aliphatic carbocycles. The van der Waals surface area contributed by atoms with Gasteiger partial charge in [-0.3, -0.25) is 9.59 Å². The number of benzene rings is 2. The standard InChI is InChI=1S/C27H31N7O4S/c1-20(35)32-16-18-33(19-17-32)26(36)22-2-6-23(7-3-22)30-27-29-11-10-25(31-27)21-4-8-24(9-5-21)39(37,38)34-14-12-28-13-15-34/h2-11,28H,12-19H2,1H3,(H,29,30,31). The summed E-state index contributed by atoms with van der Waals surface area (Å²) >= 11 is 0. The monoisotopic (exact) mass is 549 g/mol. The summed E-state index contributed by atoms with van der Waals surface area (Å²) in [6, 6.07) is 15.6. The van der Waals surface area contributed by atoms with Crippen molar-refractivity contribution < 1.29 is 18.0 Å². The number of rotatable bonds is 6. The topological polar surface area (TPSA) is 128 Å². The summed E-state index contributed by atoms with van der Waals surface area (Å²) in [5, 5.41) is 6.32. The molecule has 12 heteroatoms. The molecule has 0 spiro atoms. The van der Waals surface area contributed by atoms with Gasteiger partial charge in [0, 0.05) is 82.3 Å². The van der Waals surface area contributed by atoms with Gasteiger partial charge < -0.3 is 20.4 Å². The zero-order chi connectivity index (χ0) is 27.4.